The Kier molecular flexibility index (Phi) is 6.21. The van der Waals surface area contributed by atoms with Crippen molar-refractivity contribution in [3.05, 3.63) is 176 Å². The molecule has 0 N–H and O–H groups in total. The molecule has 0 atom stereocenters. The lowest BCUT2D eigenvalue weighted by Gasteiger charge is -2.18. The third-order valence-electron chi connectivity index (χ3n) is 9.37. The number of benzene rings is 8. The van der Waals surface area contributed by atoms with Crippen molar-refractivity contribution < 1.29 is 0 Å². The summed E-state index contributed by atoms with van der Waals surface area (Å²) < 4.78 is 0. The van der Waals surface area contributed by atoms with Gasteiger partial charge in [-0.3, -0.25) is 4.98 Å². The Morgan fingerprint density at radius 3 is 1.20 bits per heavy atom. The predicted molar refractivity (Wildman–Crippen MR) is 196 cm³/mol. The lowest BCUT2D eigenvalue weighted by atomic mass is 9.86. The summed E-state index contributed by atoms with van der Waals surface area (Å²) in [6.07, 6.45) is 3.95. The van der Waals surface area contributed by atoms with Crippen LogP contribution in [0.4, 0.5) is 0 Å². The Hall–Kier alpha value is -6.05. The average Bonchev–Trinajstić information content (AvgIpc) is 3.13. The van der Waals surface area contributed by atoms with Gasteiger partial charge in [-0.1, -0.05) is 158 Å². The fourth-order valence-electron chi connectivity index (χ4n) is 7.23. The highest BCUT2D eigenvalue weighted by Gasteiger charge is 2.17. The molecule has 1 heteroatoms. The lowest BCUT2D eigenvalue weighted by Crippen LogP contribution is -1.92. The number of hydrogen-bond donors (Lipinski definition) is 0. The molecule has 1 aromatic heterocycles. The maximum atomic E-state index is 4.62. The van der Waals surface area contributed by atoms with Crippen LogP contribution in [-0.4, -0.2) is 4.98 Å². The Morgan fingerprint density at radius 2 is 0.674 bits per heavy atom. The van der Waals surface area contributed by atoms with Crippen LogP contribution in [-0.2, 0) is 0 Å². The van der Waals surface area contributed by atoms with Crippen LogP contribution < -0.4 is 0 Å². The van der Waals surface area contributed by atoms with Crippen LogP contribution in [0.5, 0.6) is 0 Å². The molecule has 0 amide bonds. The van der Waals surface area contributed by atoms with Crippen LogP contribution in [0.2, 0.25) is 0 Å². The van der Waals surface area contributed by atoms with Crippen molar-refractivity contribution in [1.29, 1.82) is 0 Å². The van der Waals surface area contributed by atoms with Crippen molar-refractivity contribution in [2.45, 2.75) is 0 Å². The molecule has 0 aliphatic rings. The first-order chi connectivity index (χ1) is 22.8. The molecular weight excluding hydrogens is 555 g/mol. The molecule has 214 valence electrons. The van der Waals surface area contributed by atoms with Crippen molar-refractivity contribution in [2.75, 3.05) is 0 Å². The fraction of sp³-hybridized carbons (Fsp3) is 0. The molecule has 0 unspecified atom stereocenters. The van der Waals surface area contributed by atoms with E-state index in [0.29, 0.717) is 0 Å². The quantitative estimate of drug-likeness (QED) is 0.188. The fourth-order valence-corrected chi connectivity index (χ4v) is 7.23. The minimum Gasteiger partial charge on any atom is -0.264 e. The van der Waals surface area contributed by atoms with Gasteiger partial charge in [-0.15, -0.1) is 0 Å². The van der Waals surface area contributed by atoms with E-state index in [9.17, 15) is 0 Å². The lowest BCUT2D eigenvalue weighted by molar-refractivity contribution is 1.37. The van der Waals surface area contributed by atoms with Crippen LogP contribution in [0.25, 0.3) is 87.6 Å². The maximum Gasteiger partial charge on any atom is 0.0353 e. The van der Waals surface area contributed by atoms with E-state index in [1.807, 2.05) is 12.4 Å². The first kappa shape index (κ1) is 26.4. The second-order valence-electron chi connectivity index (χ2n) is 11.9. The summed E-state index contributed by atoms with van der Waals surface area (Å²) in [5.41, 5.74) is 9.81. The largest absolute Gasteiger partial charge is 0.264 e. The molecule has 0 bridgehead atoms. The van der Waals surface area contributed by atoms with E-state index >= 15 is 0 Å². The molecule has 1 nitrogen and oxygen atoms in total. The van der Waals surface area contributed by atoms with Gasteiger partial charge in [0.2, 0.25) is 0 Å². The van der Waals surface area contributed by atoms with Gasteiger partial charge in [-0.2, -0.15) is 0 Å². The van der Waals surface area contributed by atoms with Crippen LogP contribution in [0.1, 0.15) is 0 Å². The predicted octanol–water partition coefficient (Wildman–Crippen LogP) is 12.4. The van der Waals surface area contributed by atoms with Gasteiger partial charge >= 0.3 is 0 Å². The molecule has 0 saturated heterocycles. The molecule has 0 aliphatic carbocycles. The Labute approximate surface area is 268 Å². The molecule has 0 saturated carbocycles. The molecule has 0 aliphatic heterocycles. The van der Waals surface area contributed by atoms with Crippen molar-refractivity contribution in [1.82, 2.24) is 4.98 Å². The first-order valence-electron chi connectivity index (χ1n) is 15.8. The van der Waals surface area contributed by atoms with Crippen LogP contribution in [0, 0.1) is 0 Å². The van der Waals surface area contributed by atoms with E-state index in [1.54, 1.807) is 0 Å². The van der Waals surface area contributed by atoms with Gasteiger partial charge in [0.25, 0.3) is 0 Å². The second-order valence-corrected chi connectivity index (χ2v) is 11.9. The summed E-state index contributed by atoms with van der Waals surface area (Å²) in [5, 5.41) is 9.90. The van der Waals surface area contributed by atoms with E-state index < -0.39 is 0 Å². The highest BCUT2D eigenvalue weighted by molar-refractivity contribution is 6.21. The second kappa shape index (κ2) is 10.8. The molecular formula is C45H29N. The molecule has 0 spiro atoms. The van der Waals surface area contributed by atoms with E-state index in [2.05, 4.69) is 169 Å². The van der Waals surface area contributed by atoms with Crippen LogP contribution in [0.15, 0.2) is 176 Å². The van der Waals surface area contributed by atoms with Gasteiger partial charge in [0.1, 0.15) is 0 Å². The Balaban J connectivity index is 1.20. The van der Waals surface area contributed by atoms with Gasteiger partial charge in [-0.25, -0.2) is 0 Å². The number of rotatable bonds is 4. The topological polar surface area (TPSA) is 12.9 Å². The van der Waals surface area contributed by atoms with Gasteiger partial charge in [0.05, 0.1) is 0 Å². The van der Waals surface area contributed by atoms with Gasteiger partial charge in [-0.05, 0) is 88.3 Å². The standard InChI is InChI=1S/C45H29N/c1-3-13-36-30(9-1)11-7-17-38(36)32-19-23-34(24-20-32)44-40-15-5-6-16-41(40)45(43-29-46-28-27-42(43)44)35-25-21-33(22-26-35)39-18-8-12-31-10-2-4-14-37(31)39/h1-29H. The molecule has 9 rings (SSSR count). The van der Waals surface area contributed by atoms with Crippen LogP contribution >= 0.6 is 0 Å². The summed E-state index contributed by atoms with van der Waals surface area (Å²) in [5.74, 6) is 0. The zero-order valence-electron chi connectivity index (χ0n) is 25.2. The number of fused-ring (bicyclic) bond motifs is 4. The van der Waals surface area contributed by atoms with Gasteiger partial charge < -0.3 is 0 Å². The average molecular weight is 584 g/mol. The number of pyridine rings is 1. The molecule has 9 aromatic rings. The zero-order chi connectivity index (χ0) is 30.5. The Morgan fingerprint density at radius 1 is 0.283 bits per heavy atom. The minimum absolute atomic E-state index is 1.16. The summed E-state index contributed by atoms with van der Waals surface area (Å²) in [4.78, 5) is 4.62. The summed E-state index contributed by atoms with van der Waals surface area (Å²) >= 11 is 0. The number of aromatic nitrogens is 1. The van der Waals surface area contributed by atoms with E-state index in [1.165, 1.54) is 82.2 Å². The Bertz CT molecular complexity index is 2310. The van der Waals surface area contributed by atoms with Crippen molar-refractivity contribution in [3.63, 3.8) is 0 Å². The molecule has 8 aromatic carbocycles. The van der Waals surface area contributed by atoms with Gasteiger partial charge in [0.15, 0.2) is 0 Å². The van der Waals surface area contributed by atoms with E-state index in [0.717, 1.165) is 5.39 Å². The maximum absolute atomic E-state index is 4.62. The molecule has 46 heavy (non-hydrogen) atoms. The minimum atomic E-state index is 1.16. The molecule has 1 heterocycles. The molecule has 0 fully saturated rings. The normalized spacial score (nSPS) is 11.5. The summed E-state index contributed by atoms with van der Waals surface area (Å²) in [7, 11) is 0. The van der Waals surface area contributed by atoms with Gasteiger partial charge in [0, 0.05) is 17.8 Å². The highest BCUT2D eigenvalue weighted by Crippen LogP contribution is 2.44. The third-order valence-corrected chi connectivity index (χ3v) is 9.37. The molecule has 0 radical (unpaired) electrons. The number of hydrogen-bond acceptors (Lipinski definition) is 1. The summed E-state index contributed by atoms with van der Waals surface area (Å²) in [6, 6.07) is 59.4. The zero-order valence-corrected chi connectivity index (χ0v) is 25.2. The van der Waals surface area contributed by atoms with E-state index in [-0.39, 0.29) is 0 Å². The van der Waals surface area contributed by atoms with Crippen molar-refractivity contribution in [2.24, 2.45) is 0 Å². The third kappa shape index (κ3) is 4.29. The number of nitrogens with zero attached hydrogens (tertiary/aromatic N) is 1. The highest BCUT2D eigenvalue weighted by atomic mass is 14.6. The SMILES string of the molecule is c1ccc2c(-c3ccc(-c4c5ccccc5c(-c5ccc(-c6cccc7ccccc67)cc5)c5cnccc45)cc3)cccc2c1. The first-order valence-corrected chi connectivity index (χ1v) is 15.8. The van der Waals surface area contributed by atoms with Crippen molar-refractivity contribution >= 4 is 43.1 Å². The van der Waals surface area contributed by atoms with E-state index in [4.69, 9.17) is 0 Å². The van der Waals surface area contributed by atoms with Crippen LogP contribution in [0.3, 0.4) is 0 Å². The van der Waals surface area contributed by atoms with Crippen molar-refractivity contribution in [3.8, 4) is 44.5 Å². The monoisotopic (exact) mass is 583 g/mol. The summed E-state index contributed by atoms with van der Waals surface area (Å²) in [6.45, 7) is 0. The smallest absolute Gasteiger partial charge is 0.0353 e.